The fourth-order valence-electron chi connectivity index (χ4n) is 1.93. The summed E-state index contributed by atoms with van der Waals surface area (Å²) in [5.74, 6) is 0.870. The first-order valence-corrected chi connectivity index (χ1v) is 9.42. The Labute approximate surface area is 174 Å². The van der Waals surface area contributed by atoms with Crippen LogP contribution in [0.1, 0.15) is 17.3 Å². The average Bonchev–Trinajstić information content (AvgIpc) is 2.66. The molecule has 2 aromatic rings. The highest BCUT2D eigenvalue weighted by molar-refractivity contribution is 8.14. The maximum Gasteiger partial charge on any atom is 0.186 e. The average molecular weight is 427 g/mol. The van der Waals surface area contributed by atoms with Crippen LogP contribution in [0.2, 0.25) is 0 Å². The molecular weight excluding hydrogens is 404 g/mol. The quantitative estimate of drug-likeness (QED) is 0.275. The number of ketones is 1. The Hall–Kier alpha value is -1.81. The number of nitrogens with one attached hydrogen (secondary N) is 1. The summed E-state index contributed by atoms with van der Waals surface area (Å²) < 4.78 is 12.4. The number of benzene rings is 2. The van der Waals surface area contributed by atoms with Gasteiger partial charge in [0.05, 0.1) is 18.6 Å². The molecule has 0 aliphatic heterocycles. The Bertz CT molecular complexity index is 739. The van der Waals surface area contributed by atoms with E-state index >= 15 is 0 Å². The zero-order valence-electron chi connectivity index (χ0n) is 15.2. The van der Waals surface area contributed by atoms with Gasteiger partial charge in [0.15, 0.2) is 10.9 Å². The van der Waals surface area contributed by atoms with Gasteiger partial charge in [0.2, 0.25) is 0 Å². The van der Waals surface area contributed by atoms with Crippen LogP contribution in [0.25, 0.3) is 0 Å². The van der Waals surface area contributed by atoms with Gasteiger partial charge in [-0.2, -0.15) is 17.8 Å². The Kier molecular flexibility index (Phi) is 10.2. The topological polar surface area (TPSA) is 67.9 Å². The van der Waals surface area contributed by atoms with Crippen LogP contribution in [0.4, 0.5) is 11.4 Å². The molecule has 9 heteroatoms. The number of thioether (sulfide) groups is 1. The van der Waals surface area contributed by atoms with Gasteiger partial charge in [-0.25, -0.2) is 0 Å². The Morgan fingerprint density at radius 3 is 2.26 bits per heavy atom. The lowest BCUT2D eigenvalue weighted by atomic mass is 10.1. The molecule has 0 aliphatic carbocycles. The summed E-state index contributed by atoms with van der Waals surface area (Å²) >= 11 is 2.14. The van der Waals surface area contributed by atoms with Gasteiger partial charge >= 0.3 is 0 Å². The highest BCUT2D eigenvalue weighted by Crippen LogP contribution is 2.24. The highest BCUT2D eigenvalue weighted by Gasteiger charge is 2.08. The van der Waals surface area contributed by atoms with Crippen molar-refractivity contribution >= 4 is 59.8 Å². The molecule has 0 bridgehead atoms. The standard InChI is InChI=1S/C18H20N2O4S2.H2S/c1-13(21)25-12-18(22)14-4-6-15(7-5-14)19-24-26-20(2)16-8-10-17(23-3)11-9-16;/h4-11,19H,12H2,1-3H3;1H2. The van der Waals surface area contributed by atoms with Crippen molar-refractivity contribution in [1.82, 2.24) is 0 Å². The molecule has 0 atom stereocenters. The van der Waals surface area contributed by atoms with E-state index in [0.29, 0.717) is 5.56 Å². The second-order valence-electron chi connectivity index (χ2n) is 5.24. The van der Waals surface area contributed by atoms with E-state index < -0.39 is 0 Å². The van der Waals surface area contributed by atoms with Crippen molar-refractivity contribution in [3.05, 3.63) is 54.1 Å². The third-order valence-electron chi connectivity index (χ3n) is 3.36. The minimum atomic E-state index is -0.0775. The normalized spacial score (nSPS) is 9.89. The van der Waals surface area contributed by atoms with Gasteiger partial charge in [0, 0.05) is 25.2 Å². The monoisotopic (exact) mass is 426 g/mol. The van der Waals surface area contributed by atoms with E-state index in [2.05, 4.69) is 5.48 Å². The molecule has 2 rings (SSSR count). The van der Waals surface area contributed by atoms with Crippen molar-refractivity contribution in [3.8, 4) is 5.75 Å². The van der Waals surface area contributed by atoms with E-state index in [9.17, 15) is 9.59 Å². The van der Waals surface area contributed by atoms with Gasteiger partial charge in [-0.15, -0.1) is 0 Å². The number of carbonyl (C=O) groups is 2. The van der Waals surface area contributed by atoms with Crippen LogP contribution in [0, 0.1) is 0 Å². The molecule has 0 aliphatic rings. The molecule has 146 valence electrons. The summed E-state index contributed by atoms with van der Waals surface area (Å²) in [6, 6.07) is 14.5. The third-order valence-corrected chi connectivity index (χ3v) is 4.76. The fourth-order valence-corrected chi connectivity index (χ4v) is 2.89. The first-order valence-electron chi connectivity index (χ1n) is 7.73. The first kappa shape index (κ1) is 23.2. The van der Waals surface area contributed by atoms with Crippen LogP contribution in [-0.2, 0) is 9.08 Å². The minimum Gasteiger partial charge on any atom is -0.497 e. The molecule has 0 aromatic heterocycles. The van der Waals surface area contributed by atoms with Crippen LogP contribution in [-0.4, -0.2) is 30.8 Å². The van der Waals surface area contributed by atoms with Crippen molar-refractivity contribution in [2.24, 2.45) is 0 Å². The number of carbonyl (C=O) groups excluding carboxylic acids is 2. The summed E-state index contributed by atoms with van der Waals surface area (Å²) in [7, 11) is 3.50. The molecule has 2 aromatic carbocycles. The SMILES string of the molecule is COc1ccc(N(C)SONc2ccc(C(=O)CSC(C)=O)cc2)cc1.S. The number of rotatable bonds is 9. The predicted molar refractivity (Wildman–Crippen MR) is 118 cm³/mol. The van der Waals surface area contributed by atoms with Crippen molar-refractivity contribution in [1.29, 1.82) is 0 Å². The van der Waals surface area contributed by atoms with E-state index in [1.54, 1.807) is 31.4 Å². The Morgan fingerprint density at radius 2 is 1.70 bits per heavy atom. The van der Waals surface area contributed by atoms with E-state index in [0.717, 1.165) is 41.1 Å². The number of hydrogen-bond donors (Lipinski definition) is 1. The minimum absolute atomic E-state index is 0. The maximum absolute atomic E-state index is 11.9. The number of nitrogens with zero attached hydrogens (tertiary/aromatic N) is 1. The third kappa shape index (κ3) is 7.76. The van der Waals surface area contributed by atoms with E-state index in [1.807, 2.05) is 35.6 Å². The molecule has 0 unspecified atom stereocenters. The van der Waals surface area contributed by atoms with Gasteiger partial charge in [-0.1, -0.05) is 11.8 Å². The molecule has 0 fully saturated rings. The van der Waals surface area contributed by atoms with Crippen LogP contribution in [0.3, 0.4) is 0 Å². The van der Waals surface area contributed by atoms with Crippen molar-refractivity contribution < 1.29 is 18.6 Å². The lowest BCUT2D eigenvalue weighted by Gasteiger charge is -2.17. The Balaban J connectivity index is 0.00000364. The van der Waals surface area contributed by atoms with Crippen LogP contribution < -0.4 is 14.5 Å². The zero-order valence-corrected chi connectivity index (χ0v) is 17.9. The first-order chi connectivity index (χ1) is 12.5. The molecule has 0 radical (unpaired) electrons. The molecule has 27 heavy (non-hydrogen) atoms. The number of methoxy groups -OCH3 is 1. The van der Waals surface area contributed by atoms with Gasteiger partial charge in [0.1, 0.15) is 18.0 Å². The fraction of sp³-hybridized carbons (Fsp3) is 0.222. The summed E-state index contributed by atoms with van der Waals surface area (Å²) in [6.45, 7) is 1.45. The molecule has 0 amide bonds. The van der Waals surface area contributed by atoms with E-state index in [4.69, 9.17) is 9.02 Å². The van der Waals surface area contributed by atoms with Crippen molar-refractivity contribution in [2.75, 3.05) is 29.7 Å². The van der Waals surface area contributed by atoms with Gasteiger partial charge in [0.25, 0.3) is 0 Å². The van der Waals surface area contributed by atoms with Gasteiger partial charge in [-0.05, 0) is 48.5 Å². The lowest BCUT2D eigenvalue weighted by Crippen LogP contribution is -2.09. The van der Waals surface area contributed by atoms with Crippen LogP contribution in [0.5, 0.6) is 5.75 Å². The molecule has 0 spiro atoms. The van der Waals surface area contributed by atoms with E-state index in [1.165, 1.54) is 6.92 Å². The maximum atomic E-state index is 11.9. The molecule has 0 heterocycles. The smallest absolute Gasteiger partial charge is 0.186 e. The molecule has 6 nitrogen and oxygen atoms in total. The lowest BCUT2D eigenvalue weighted by molar-refractivity contribution is -0.109. The molecule has 0 saturated heterocycles. The summed E-state index contributed by atoms with van der Waals surface area (Å²) in [6.07, 6.45) is 0. The molecular formula is C18H22N2O4S3. The van der Waals surface area contributed by atoms with Gasteiger partial charge < -0.3 is 4.74 Å². The summed E-state index contributed by atoms with van der Waals surface area (Å²) in [5, 5.41) is -0.0666. The van der Waals surface area contributed by atoms with E-state index in [-0.39, 0.29) is 30.1 Å². The molecule has 0 saturated carbocycles. The van der Waals surface area contributed by atoms with Crippen molar-refractivity contribution in [2.45, 2.75) is 6.92 Å². The second kappa shape index (κ2) is 11.8. The zero-order chi connectivity index (χ0) is 18.9. The van der Waals surface area contributed by atoms with Crippen LogP contribution >= 0.6 is 37.5 Å². The van der Waals surface area contributed by atoms with Crippen molar-refractivity contribution in [3.63, 3.8) is 0 Å². The summed E-state index contributed by atoms with van der Waals surface area (Å²) in [4.78, 5) is 22.8. The van der Waals surface area contributed by atoms with Crippen LogP contribution in [0.15, 0.2) is 48.5 Å². The Morgan fingerprint density at radius 1 is 1.07 bits per heavy atom. The van der Waals surface area contributed by atoms with Gasteiger partial charge in [-0.3, -0.25) is 19.4 Å². The second-order valence-corrected chi connectivity index (χ2v) is 7.25. The highest BCUT2D eigenvalue weighted by atomic mass is 32.2. The predicted octanol–water partition coefficient (Wildman–Crippen LogP) is 4.31. The molecule has 1 N–H and O–H groups in total. The number of ether oxygens (including phenoxy) is 1. The number of hydrogen-bond acceptors (Lipinski definition) is 8. The number of Topliss-reactive ketones (excluding diaryl/α,β-unsaturated/α-hetero) is 1. The number of anilines is 2. The largest absolute Gasteiger partial charge is 0.497 e. The summed E-state index contributed by atoms with van der Waals surface area (Å²) in [5.41, 5.74) is 5.05.